The molecular formula is C15H18N2O2S. The number of ether oxygens (including phenoxy) is 1. The fraction of sp³-hybridized carbons (Fsp3) is 0.333. The van der Waals surface area contributed by atoms with Crippen LogP contribution in [0.3, 0.4) is 0 Å². The highest BCUT2D eigenvalue weighted by atomic mass is 32.1. The van der Waals surface area contributed by atoms with Crippen molar-refractivity contribution in [3.05, 3.63) is 55.7 Å². The molecule has 0 unspecified atom stereocenters. The predicted octanol–water partition coefficient (Wildman–Crippen LogP) is 2.98. The highest BCUT2D eigenvalue weighted by Gasteiger charge is 2.05. The second kappa shape index (κ2) is 6.05. The van der Waals surface area contributed by atoms with E-state index in [1.165, 1.54) is 11.1 Å². The SMILES string of the molecule is Cc1ccc(OCCc2c(C)[nH]c(=S)[nH]c2=O)cc1C. The Labute approximate surface area is 122 Å². The Balaban J connectivity index is 2.05. The Morgan fingerprint density at radius 1 is 1.15 bits per heavy atom. The van der Waals surface area contributed by atoms with E-state index >= 15 is 0 Å². The Bertz CT molecular complexity index is 731. The number of nitrogens with one attached hydrogen (secondary N) is 2. The third kappa shape index (κ3) is 3.36. The van der Waals surface area contributed by atoms with Crippen LogP contribution in [0.2, 0.25) is 0 Å². The Morgan fingerprint density at radius 3 is 2.55 bits per heavy atom. The second-order valence-corrected chi connectivity index (χ2v) is 5.26. The maximum Gasteiger partial charge on any atom is 0.255 e. The first kappa shape index (κ1) is 14.5. The van der Waals surface area contributed by atoms with E-state index in [2.05, 4.69) is 16.9 Å². The Morgan fingerprint density at radius 2 is 1.90 bits per heavy atom. The summed E-state index contributed by atoms with van der Waals surface area (Å²) in [7, 11) is 0. The summed E-state index contributed by atoms with van der Waals surface area (Å²) in [6.45, 7) is 6.41. The fourth-order valence-electron chi connectivity index (χ4n) is 2.00. The zero-order valence-corrected chi connectivity index (χ0v) is 12.7. The van der Waals surface area contributed by atoms with Crippen LogP contribution in [-0.2, 0) is 6.42 Å². The Hall–Kier alpha value is -1.88. The predicted molar refractivity (Wildman–Crippen MR) is 82.1 cm³/mol. The third-order valence-electron chi connectivity index (χ3n) is 3.35. The van der Waals surface area contributed by atoms with Crippen LogP contribution < -0.4 is 10.3 Å². The molecule has 0 radical (unpaired) electrons. The number of H-pyrrole nitrogens is 2. The fourth-order valence-corrected chi connectivity index (χ4v) is 2.25. The van der Waals surface area contributed by atoms with Crippen molar-refractivity contribution in [2.75, 3.05) is 6.61 Å². The van der Waals surface area contributed by atoms with Crippen LogP contribution in [0.1, 0.15) is 22.4 Å². The first-order chi connectivity index (χ1) is 9.47. The van der Waals surface area contributed by atoms with Crippen molar-refractivity contribution in [3.8, 4) is 5.75 Å². The number of aromatic amines is 2. The molecule has 0 saturated carbocycles. The van der Waals surface area contributed by atoms with Gasteiger partial charge in [-0.25, -0.2) is 0 Å². The highest BCUT2D eigenvalue weighted by molar-refractivity contribution is 7.71. The van der Waals surface area contributed by atoms with Crippen LogP contribution in [0.4, 0.5) is 0 Å². The summed E-state index contributed by atoms with van der Waals surface area (Å²) in [4.78, 5) is 17.3. The molecule has 1 aromatic heterocycles. The molecule has 2 rings (SSSR count). The van der Waals surface area contributed by atoms with Crippen molar-refractivity contribution in [2.45, 2.75) is 27.2 Å². The molecule has 2 N–H and O–H groups in total. The van der Waals surface area contributed by atoms with Crippen LogP contribution in [0.25, 0.3) is 0 Å². The number of rotatable bonds is 4. The molecule has 4 nitrogen and oxygen atoms in total. The van der Waals surface area contributed by atoms with Gasteiger partial charge in [-0.1, -0.05) is 6.07 Å². The van der Waals surface area contributed by atoms with Crippen LogP contribution in [-0.4, -0.2) is 16.6 Å². The van der Waals surface area contributed by atoms with Gasteiger partial charge in [0.15, 0.2) is 4.77 Å². The van der Waals surface area contributed by atoms with Crippen molar-refractivity contribution >= 4 is 12.2 Å². The van der Waals surface area contributed by atoms with Gasteiger partial charge in [-0.2, -0.15) is 0 Å². The second-order valence-electron chi connectivity index (χ2n) is 4.86. The van der Waals surface area contributed by atoms with Crippen LogP contribution in [0, 0.1) is 25.5 Å². The Kier molecular flexibility index (Phi) is 4.39. The zero-order valence-electron chi connectivity index (χ0n) is 11.9. The maximum atomic E-state index is 11.8. The summed E-state index contributed by atoms with van der Waals surface area (Å²) in [6, 6.07) is 5.98. The van der Waals surface area contributed by atoms with Crippen molar-refractivity contribution in [3.63, 3.8) is 0 Å². The monoisotopic (exact) mass is 290 g/mol. The summed E-state index contributed by atoms with van der Waals surface area (Å²) in [5.74, 6) is 0.825. The number of benzene rings is 1. The first-order valence-corrected chi connectivity index (χ1v) is 6.90. The summed E-state index contributed by atoms with van der Waals surface area (Å²) >= 11 is 4.92. The minimum atomic E-state index is -0.144. The number of aryl methyl sites for hydroxylation is 3. The lowest BCUT2D eigenvalue weighted by atomic mass is 10.1. The van der Waals surface area contributed by atoms with Crippen LogP contribution >= 0.6 is 12.2 Å². The van der Waals surface area contributed by atoms with Gasteiger partial charge >= 0.3 is 0 Å². The molecule has 0 aliphatic rings. The van der Waals surface area contributed by atoms with E-state index in [0.717, 1.165) is 11.4 Å². The molecule has 1 aromatic carbocycles. The summed E-state index contributed by atoms with van der Waals surface area (Å²) in [5, 5.41) is 0. The van der Waals surface area contributed by atoms with Gasteiger partial charge < -0.3 is 9.72 Å². The van der Waals surface area contributed by atoms with Crippen molar-refractivity contribution in [1.29, 1.82) is 0 Å². The van der Waals surface area contributed by atoms with E-state index in [4.69, 9.17) is 17.0 Å². The van der Waals surface area contributed by atoms with Gasteiger partial charge in [0.25, 0.3) is 5.56 Å². The van der Waals surface area contributed by atoms with Gasteiger partial charge in [0.05, 0.1) is 6.61 Å². The zero-order chi connectivity index (χ0) is 14.7. The van der Waals surface area contributed by atoms with E-state index in [-0.39, 0.29) is 5.56 Å². The summed E-state index contributed by atoms with van der Waals surface area (Å²) in [5.41, 5.74) is 3.76. The molecule has 0 bridgehead atoms. The minimum Gasteiger partial charge on any atom is -0.493 e. The lowest BCUT2D eigenvalue weighted by Gasteiger charge is -2.09. The topological polar surface area (TPSA) is 57.9 Å². The normalized spacial score (nSPS) is 10.6. The summed E-state index contributed by atoms with van der Waals surface area (Å²) < 4.78 is 6.05. The molecule has 106 valence electrons. The smallest absolute Gasteiger partial charge is 0.255 e. The quantitative estimate of drug-likeness (QED) is 0.851. The first-order valence-electron chi connectivity index (χ1n) is 6.49. The maximum absolute atomic E-state index is 11.8. The van der Waals surface area contributed by atoms with Gasteiger partial charge in [-0.15, -0.1) is 0 Å². The van der Waals surface area contributed by atoms with Crippen molar-refractivity contribution < 1.29 is 4.74 Å². The average Bonchev–Trinajstić information content (AvgIpc) is 2.36. The number of hydrogen-bond donors (Lipinski definition) is 2. The molecule has 0 aliphatic heterocycles. The largest absolute Gasteiger partial charge is 0.493 e. The molecule has 0 spiro atoms. The molecule has 0 fully saturated rings. The number of hydrogen-bond acceptors (Lipinski definition) is 3. The lowest BCUT2D eigenvalue weighted by molar-refractivity contribution is 0.320. The third-order valence-corrected chi connectivity index (χ3v) is 3.56. The van der Waals surface area contributed by atoms with E-state index in [0.29, 0.717) is 23.4 Å². The van der Waals surface area contributed by atoms with Gasteiger partial charge in [0.1, 0.15) is 5.75 Å². The molecule has 2 aromatic rings. The minimum absolute atomic E-state index is 0.144. The van der Waals surface area contributed by atoms with Crippen LogP contribution in [0.5, 0.6) is 5.75 Å². The van der Waals surface area contributed by atoms with Gasteiger partial charge in [-0.3, -0.25) is 9.78 Å². The van der Waals surface area contributed by atoms with Gasteiger partial charge in [0, 0.05) is 17.7 Å². The average molecular weight is 290 g/mol. The molecule has 0 saturated heterocycles. The molecular weight excluding hydrogens is 272 g/mol. The molecule has 0 aliphatic carbocycles. The summed E-state index contributed by atoms with van der Waals surface area (Å²) in [6.07, 6.45) is 0.542. The molecule has 0 amide bonds. The van der Waals surface area contributed by atoms with E-state index in [1.54, 1.807) is 0 Å². The van der Waals surface area contributed by atoms with Crippen LogP contribution in [0.15, 0.2) is 23.0 Å². The number of aromatic nitrogens is 2. The molecule has 0 atom stereocenters. The standard InChI is InChI=1S/C15H18N2O2S/c1-9-4-5-12(8-10(9)2)19-7-6-13-11(3)16-15(20)17-14(13)18/h4-5,8H,6-7H2,1-3H3,(H2,16,17,18,20). The molecule has 20 heavy (non-hydrogen) atoms. The van der Waals surface area contributed by atoms with E-state index in [9.17, 15) is 4.79 Å². The van der Waals surface area contributed by atoms with E-state index < -0.39 is 0 Å². The van der Waals surface area contributed by atoms with Gasteiger partial charge in [-0.05, 0) is 56.2 Å². The molecule has 1 heterocycles. The van der Waals surface area contributed by atoms with Gasteiger partial charge in [0.2, 0.25) is 0 Å². The highest BCUT2D eigenvalue weighted by Crippen LogP contribution is 2.16. The van der Waals surface area contributed by atoms with Crippen molar-refractivity contribution in [1.82, 2.24) is 9.97 Å². The van der Waals surface area contributed by atoms with Crippen molar-refractivity contribution in [2.24, 2.45) is 0 Å². The molecule has 5 heteroatoms. The lowest BCUT2D eigenvalue weighted by Crippen LogP contribution is -2.18. The van der Waals surface area contributed by atoms with E-state index in [1.807, 2.05) is 32.0 Å².